The minimum Gasteiger partial charge on any atom is -0.328 e. The predicted octanol–water partition coefficient (Wildman–Crippen LogP) is -1.42. The van der Waals surface area contributed by atoms with E-state index in [1.165, 1.54) is 0 Å². The van der Waals surface area contributed by atoms with Gasteiger partial charge < -0.3 is 17.2 Å². The van der Waals surface area contributed by atoms with Crippen LogP contribution in [0.1, 0.15) is 6.42 Å². The lowest BCUT2D eigenvalue weighted by atomic mass is 10.1. The molecule has 0 spiro atoms. The topological polar surface area (TPSA) is 78.1 Å². The maximum atomic E-state index is 5.34. The van der Waals surface area contributed by atoms with Gasteiger partial charge in [-0.05, 0) is 0 Å². The van der Waals surface area contributed by atoms with Crippen LogP contribution in [0.4, 0.5) is 0 Å². The van der Waals surface area contributed by atoms with E-state index < -0.39 is 5.66 Å². The largest absolute Gasteiger partial charge is 0.328 e. The number of rotatable bonds is 2. The zero-order valence-corrected chi connectivity index (χ0v) is 4.72. The molecule has 46 valence electrons. The smallest absolute Gasteiger partial charge is 0.0874 e. The molecule has 6 N–H and O–H groups in total. The fourth-order valence-corrected chi connectivity index (χ4v) is 0.262. The molecule has 0 saturated heterocycles. The fraction of sp³-hybridized carbons (Fsp3) is 0.600. The van der Waals surface area contributed by atoms with E-state index in [9.17, 15) is 0 Å². The Morgan fingerprint density at radius 1 is 1.50 bits per heavy atom. The average molecular weight is 113 g/mol. The number of terminal acetylenes is 1. The van der Waals surface area contributed by atoms with Gasteiger partial charge in [0.1, 0.15) is 0 Å². The Morgan fingerprint density at radius 2 is 2.00 bits per heavy atom. The van der Waals surface area contributed by atoms with Crippen LogP contribution >= 0.6 is 0 Å². The van der Waals surface area contributed by atoms with Gasteiger partial charge in [0.15, 0.2) is 0 Å². The summed E-state index contributed by atoms with van der Waals surface area (Å²) in [6.45, 7) is 0.219. The van der Waals surface area contributed by atoms with Crippen molar-refractivity contribution in [2.24, 2.45) is 17.2 Å². The van der Waals surface area contributed by atoms with Crippen molar-refractivity contribution in [3.05, 3.63) is 0 Å². The lowest BCUT2D eigenvalue weighted by Gasteiger charge is -2.18. The van der Waals surface area contributed by atoms with Crippen molar-refractivity contribution in [3.8, 4) is 12.3 Å². The Morgan fingerprint density at radius 3 is 2.12 bits per heavy atom. The van der Waals surface area contributed by atoms with Crippen LogP contribution in [0.5, 0.6) is 0 Å². The summed E-state index contributed by atoms with van der Waals surface area (Å²) in [6, 6.07) is 0. The summed E-state index contributed by atoms with van der Waals surface area (Å²) in [6.07, 6.45) is 5.25. The van der Waals surface area contributed by atoms with Gasteiger partial charge in [-0.15, -0.1) is 12.3 Å². The van der Waals surface area contributed by atoms with Crippen LogP contribution in [0.15, 0.2) is 0 Å². The van der Waals surface area contributed by atoms with Crippen molar-refractivity contribution >= 4 is 0 Å². The molecule has 0 aliphatic rings. The summed E-state index contributed by atoms with van der Waals surface area (Å²) < 4.78 is 0. The van der Waals surface area contributed by atoms with Crippen molar-refractivity contribution in [1.29, 1.82) is 0 Å². The summed E-state index contributed by atoms with van der Waals surface area (Å²) in [5.41, 5.74) is 15.0. The van der Waals surface area contributed by atoms with E-state index in [4.69, 9.17) is 23.6 Å². The fourth-order valence-electron chi connectivity index (χ4n) is 0.262. The second kappa shape index (κ2) is 2.68. The molecule has 0 unspecified atom stereocenters. The highest BCUT2D eigenvalue weighted by atomic mass is 15.0. The summed E-state index contributed by atoms with van der Waals surface area (Å²) >= 11 is 0. The van der Waals surface area contributed by atoms with E-state index in [-0.39, 0.29) is 6.54 Å². The van der Waals surface area contributed by atoms with E-state index in [0.29, 0.717) is 6.42 Å². The Labute approximate surface area is 49.2 Å². The molecule has 0 atom stereocenters. The van der Waals surface area contributed by atoms with E-state index in [1.54, 1.807) is 0 Å². The van der Waals surface area contributed by atoms with Gasteiger partial charge >= 0.3 is 0 Å². The molecule has 0 aromatic rings. The first-order valence-electron chi connectivity index (χ1n) is 2.33. The van der Waals surface area contributed by atoms with Crippen LogP contribution in [-0.2, 0) is 0 Å². The summed E-state index contributed by atoms with van der Waals surface area (Å²) in [7, 11) is 0. The molecule has 0 bridgehead atoms. The Kier molecular flexibility index (Phi) is 2.49. The molecule has 0 fully saturated rings. The molecule has 0 amide bonds. The van der Waals surface area contributed by atoms with Crippen LogP contribution in [-0.4, -0.2) is 12.2 Å². The van der Waals surface area contributed by atoms with Gasteiger partial charge in [0.2, 0.25) is 0 Å². The first-order valence-corrected chi connectivity index (χ1v) is 2.33. The van der Waals surface area contributed by atoms with Crippen LogP contribution in [0.3, 0.4) is 0 Å². The lowest BCUT2D eigenvalue weighted by Crippen LogP contribution is -2.54. The molecule has 8 heavy (non-hydrogen) atoms. The third-order valence-corrected chi connectivity index (χ3v) is 0.811. The summed E-state index contributed by atoms with van der Waals surface area (Å²) in [5, 5.41) is 0. The maximum Gasteiger partial charge on any atom is 0.0874 e. The SMILES string of the molecule is C#CCC(N)(N)CN. The highest BCUT2D eigenvalue weighted by Crippen LogP contribution is 1.90. The first kappa shape index (κ1) is 7.44. The number of nitrogens with two attached hydrogens (primary N) is 3. The Hall–Kier alpha value is -0.560. The maximum absolute atomic E-state index is 5.34. The van der Waals surface area contributed by atoms with E-state index in [0.717, 1.165) is 0 Å². The normalized spacial score (nSPS) is 10.8. The van der Waals surface area contributed by atoms with E-state index in [1.807, 2.05) is 0 Å². The molecular formula is C5H11N3. The Balaban J connectivity index is 3.58. The second-order valence-corrected chi connectivity index (χ2v) is 1.82. The molecule has 0 aliphatic carbocycles. The van der Waals surface area contributed by atoms with E-state index in [2.05, 4.69) is 5.92 Å². The van der Waals surface area contributed by atoms with Crippen molar-refractivity contribution in [2.45, 2.75) is 12.1 Å². The molecule has 3 nitrogen and oxygen atoms in total. The van der Waals surface area contributed by atoms with Crippen LogP contribution in [0.25, 0.3) is 0 Å². The first-order chi connectivity index (χ1) is 3.62. The van der Waals surface area contributed by atoms with Gasteiger partial charge in [-0.25, -0.2) is 0 Å². The molecule has 0 aliphatic heterocycles. The highest BCUT2D eigenvalue weighted by molar-refractivity contribution is 4.95. The monoisotopic (exact) mass is 113 g/mol. The third-order valence-electron chi connectivity index (χ3n) is 0.811. The molecule has 0 rings (SSSR count). The van der Waals surface area contributed by atoms with Crippen LogP contribution in [0.2, 0.25) is 0 Å². The molecular weight excluding hydrogens is 102 g/mol. The molecule has 0 aromatic carbocycles. The van der Waals surface area contributed by atoms with E-state index >= 15 is 0 Å². The minimum atomic E-state index is -0.866. The van der Waals surface area contributed by atoms with Gasteiger partial charge in [0.25, 0.3) is 0 Å². The van der Waals surface area contributed by atoms with Gasteiger partial charge in [-0.2, -0.15) is 0 Å². The zero-order valence-electron chi connectivity index (χ0n) is 4.72. The lowest BCUT2D eigenvalue weighted by molar-refractivity contribution is 0.466. The standard InChI is InChI=1S/C5H11N3/c1-2-3-5(7,8)4-6/h1H,3-4,6-8H2. The summed E-state index contributed by atoms with van der Waals surface area (Å²) in [4.78, 5) is 0. The molecule has 0 aromatic heterocycles. The van der Waals surface area contributed by atoms with Gasteiger partial charge in [0, 0.05) is 13.0 Å². The highest BCUT2D eigenvalue weighted by Gasteiger charge is 2.13. The van der Waals surface area contributed by atoms with Crippen molar-refractivity contribution in [1.82, 2.24) is 0 Å². The zero-order chi connectivity index (χ0) is 6.62. The Bertz CT molecular complexity index is 101. The third kappa shape index (κ3) is 2.59. The number of hydrogen-bond donors (Lipinski definition) is 3. The molecule has 0 saturated carbocycles. The van der Waals surface area contributed by atoms with Gasteiger partial charge in [-0.3, -0.25) is 0 Å². The second-order valence-electron chi connectivity index (χ2n) is 1.82. The predicted molar refractivity (Wildman–Crippen MR) is 33.6 cm³/mol. The summed E-state index contributed by atoms with van der Waals surface area (Å²) in [5.74, 6) is 2.33. The van der Waals surface area contributed by atoms with Crippen LogP contribution < -0.4 is 17.2 Å². The van der Waals surface area contributed by atoms with Gasteiger partial charge in [0.05, 0.1) is 5.66 Å². The average Bonchev–Trinajstić information content (AvgIpc) is 1.67. The number of hydrogen-bond acceptors (Lipinski definition) is 3. The van der Waals surface area contributed by atoms with Crippen LogP contribution in [0, 0.1) is 12.3 Å². The quantitative estimate of drug-likeness (QED) is 0.304. The minimum absolute atomic E-state index is 0.219. The molecule has 0 heterocycles. The molecule has 3 heteroatoms. The van der Waals surface area contributed by atoms with Crippen molar-refractivity contribution < 1.29 is 0 Å². The van der Waals surface area contributed by atoms with Crippen molar-refractivity contribution in [3.63, 3.8) is 0 Å². The van der Waals surface area contributed by atoms with Gasteiger partial charge in [-0.1, -0.05) is 0 Å². The molecule has 0 radical (unpaired) electrons. The van der Waals surface area contributed by atoms with Crippen molar-refractivity contribution in [2.75, 3.05) is 6.54 Å².